The minimum Gasteiger partial charge on any atom is -0.334 e. The molecule has 114 valence electrons. The van der Waals surface area contributed by atoms with E-state index in [1.807, 2.05) is 12.1 Å². The molecule has 0 bridgehead atoms. The molecule has 1 N–H and O–H groups in total. The SMILES string of the molecule is CCc1ccc(-c2nc(C3CNCCN3C)no2)cc1.Cl. The van der Waals surface area contributed by atoms with Crippen LogP contribution in [0.25, 0.3) is 11.5 Å². The summed E-state index contributed by atoms with van der Waals surface area (Å²) in [6.45, 7) is 5.02. The molecule has 6 heteroatoms. The normalized spacial score (nSPS) is 19.2. The quantitative estimate of drug-likeness (QED) is 0.943. The maximum absolute atomic E-state index is 5.41. The van der Waals surface area contributed by atoms with Crippen molar-refractivity contribution in [3.05, 3.63) is 35.7 Å². The van der Waals surface area contributed by atoms with E-state index in [2.05, 4.69) is 46.5 Å². The molecule has 0 radical (unpaired) electrons. The van der Waals surface area contributed by atoms with E-state index < -0.39 is 0 Å². The third-order valence-corrected chi connectivity index (χ3v) is 3.86. The van der Waals surface area contributed by atoms with Gasteiger partial charge in [-0.3, -0.25) is 4.90 Å². The van der Waals surface area contributed by atoms with Crippen molar-refractivity contribution in [2.45, 2.75) is 19.4 Å². The zero-order valence-corrected chi connectivity index (χ0v) is 13.2. The lowest BCUT2D eigenvalue weighted by atomic mass is 10.1. The molecule has 1 aliphatic heterocycles. The summed E-state index contributed by atoms with van der Waals surface area (Å²) >= 11 is 0. The maximum Gasteiger partial charge on any atom is 0.257 e. The van der Waals surface area contributed by atoms with Gasteiger partial charge < -0.3 is 9.84 Å². The highest BCUT2D eigenvalue weighted by molar-refractivity contribution is 5.85. The van der Waals surface area contributed by atoms with Crippen molar-refractivity contribution >= 4 is 12.4 Å². The van der Waals surface area contributed by atoms with E-state index in [4.69, 9.17) is 4.52 Å². The summed E-state index contributed by atoms with van der Waals surface area (Å²) < 4.78 is 5.41. The van der Waals surface area contributed by atoms with Crippen LogP contribution in [0.15, 0.2) is 28.8 Å². The van der Waals surface area contributed by atoms with Crippen molar-refractivity contribution in [3.63, 3.8) is 0 Å². The average molecular weight is 309 g/mol. The second-order valence-corrected chi connectivity index (χ2v) is 5.21. The van der Waals surface area contributed by atoms with Crippen LogP contribution in [-0.4, -0.2) is 41.7 Å². The summed E-state index contributed by atoms with van der Waals surface area (Å²) in [6, 6.07) is 8.48. The Morgan fingerprint density at radius 1 is 1.33 bits per heavy atom. The third kappa shape index (κ3) is 3.43. The molecule has 1 fully saturated rings. The van der Waals surface area contributed by atoms with Gasteiger partial charge in [0.05, 0.1) is 6.04 Å². The number of rotatable bonds is 3. The first-order valence-corrected chi connectivity index (χ1v) is 7.12. The second kappa shape index (κ2) is 7.02. The van der Waals surface area contributed by atoms with Gasteiger partial charge in [0.1, 0.15) is 0 Å². The molecular weight excluding hydrogens is 288 g/mol. The maximum atomic E-state index is 5.41. The smallest absolute Gasteiger partial charge is 0.257 e. The van der Waals surface area contributed by atoms with Crippen molar-refractivity contribution in [1.29, 1.82) is 0 Å². The van der Waals surface area contributed by atoms with Crippen LogP contribution in [0.1, 0.15) is 24.4 Å². The molecule has 1 aliphatic rings. The third-order valence-electron chi connectivity index (χ3n) is 3.86. The predicted octanol–water partition coefficient (Wildman–Crippen LogP) is 2.30. The minimum absolute atomic E-state index is 0. The standard InChI is InChI=1S/C15H20N4O.ClH/c1-3-11-4-6-12(7-5-11)15-17-14(18-20-15)13-10-16-8-9-19(13)2;/h4-7,13,16H,3,8-10H2,1-2H3;1H. The molecule has 0 saturated carbocycles. The lowest BCUT2D eigenvalue weighted by Gasteiger charge is -2.30. The zero-order valence-electron chi connectivity index (χ0n) is 12.4. The molecule has 21 heavy (non-hydrogen) atoms. The highest BCUT2D eigenvalue weighted by Crippen LogP contribution is 2.23. The predicted molar refractivity (Wildman–Crippen MR) is 84.6 cm³/mol. The molecule has 2 aromatic rings. The fraction of sp³-hybridized carbons (Fsp3) is 0.467. The molecule has 0 amide bonds. The van der Waals surface area contributed by atoms with Crippen LogP contribution in [0.2, 0.25) is 0 Å². The summed E-state index contributed by atoms with van der Waals surface area (Å²) in [5.74, 6) is 1.36. The molecule has 1 atom stereocenters. The number of piperazine rings is 1. The van der Waals surface area contributed by atoms with Crippen molar-refractivity contribution in [2.75, 3.05) is 26.7 Å². The van der Waals surface area contributed by atoms with E-state index in [0.29, 0.717) is 5.89 Å². The first-order valence-electron chi connectivity index (χ1n) is 7.12. The molecule has 0 spiro atoms. The van der Waals surface area contributed by atoms with E-state index in [1.54, 1.807) is 0 Å². The van der Waals surface area contributed by atoms with Crippen LogP contribution in [-0.2, 0) is 6.42 Å². The van der Waals surface area contributed by atoms with Crippen LogP contribution in [0.4, 0.5) is 0 Å². The summed E-state index contributed by atoms with van der Waals surface area (Å²) in [5, 5.41) is 7.51. The van der Waals surface area contributed by atoms with E-state index in [0.717, 1.165) is 37.4 Å². The monoisotopic (exact) mass is 308 g/mol. The van der Waals surface area contributed by atoms with Gasteiger partial charge in [0.15, 0.2) is 5.82 Å². The summed E-state index contributed by atoms with van der Waals surface area (Å²) in [4.78, 5) is 6.81. The number of nitrogens with one attached hydrogen (secondary N) is 1. The van der Waals surface area contributed by atoms with Gasteiger partial charge in [-0.2, -0.15) is 4.98 Å². The minimum atomic E-state index is 0. The average Bonchev–Trinajstić information content (AvgIpc) is 2.97. The highest BCUT2D eigenvalue weighted by atomic mass is 35.5. The Morgan fingerprint density at radius 2 is 2.10 bits per heavy atom. The number of hydrogen-bond donors (Lipinski definition) is 1. The van der Waals surface area contributed by atoms with Gasteiger partial charge in [-0.25, -0.2) is 0 Å². The number of halogens is 1. The summed E-state index contributed by atoms with van der Waals surface area (Å²) in [5.41, 5.74) is 2.29. The Morgan fingerprint density at radius 3 is 2.76 bits per heavy atom. The van der Waals surface area contributed by atoms with Gasteiger partial charge in [0, 0.05) is 25.2 Å². The number of nitrogens with zero attached hydrogens (tertiary/aromatic N) is 3. The summed E-state index contributed by atoms with van der Waals surface area (Å²) in [6.07, 6.45) is 1.04. The van der Waals surface area contributed by atoms with Gasteiger partial charge in [0.2, 0.25) is 0 Å². The number of likely N-dealkylation sites (N-methyl/N-ethyl adjacent to an activating group) is 1. The first kappa shape index (κ1) is 15.9. The van der Waals surface area contributed by atoms with E-state index in [-0.39, 0.29) is 18.4 Å². The lowest BCUT2D eigenvalue weighted by molar-refractivity contribution is 0.190. The number of aryl methyl sites for hydroxylation is 1. The van der Waals surface area contributed by atoms with Crippen molar-refractivity contribution in [1.82, 2.24) is 20.4 Å². The Balaban J connectivity index is 0.00000161. The van der Waals surface area contributed by atoms with Gasteiger partial charge >= 0.3 is 0 Å². The molecule has 5 nitrogen and oxygen atoms in total. The van der Waals surface area contributed by atoms with Crippen molar-refractivity contribution < 1.29 is 4.52 Å². The molecule has 2 heterocycles. The molecule has 1 aromatic carbocycles. The van der Waals surface area contributed by atoms with Crippen molar-refractivity contribution in [3.8, 4) is 11.5 Å². The fourth-order valence-electron chi connectivity index (χ4n) is 2.46. The second-order valence-electron chi connectivity index (χ2n) is 5.21. The van der Waals surface area contributed by atoms with E-state index in [9.17, 15) is 0 Å². The van der Waals surface area contributed by atoms with Gasteiger partial charge in [-0.15, -0.1) is 12.4 Å². The van der Waals surface area contributed by atoms with E-state index in [1.165, 1.54) is 5.56 Å². The lowest BCUT2D eigenvalue weighted by Crippen LogP contribution is -2.44. The Labute approximate surface area is 131 Å². The number of benzene rings is 1. The number of hydrogen-bond acceptors (Lipinski definition) is 5. The van der Waals surface area contributed by atoms with Crippen molar-refractivity contribution in [2.24, 2.45) is 0 Å². The Bertz CT molecular complexity index is 569. The molecule has 3 rings (SSSR count). The molecule has 1 unspecified atom stereocenters. The topological polar surface area (TPSA) is 54.2 Å². The van der Waals surface area contributed by atoms with Crippen LogP contribution in [0.3, 0.4) is 0 Å². The Kier molecular flexibility index (Phi) is 5.33. The highest BCUT2D eigenvalue weighted by Gasteiger charge is 2.25. The number of aromatic nitrogens is 2. The van der Waals surface area contributed by atoms with Crippen LogP contribution in [0.5, 0.6) is 0 Å². The van der Waals surface area contributed by atoms with Gasteiger partial charge in [-0.05, 0) is 31.2 Å². The van der Waals surface area contributed by atoms with E-state index >= 15 is 0 Å². The van der Waals surface area contributed by atoms with Gasteiger partial charge in [-0.1, -0.05) is 24.2 Å². The molecular formula is C15H21ClN4O. The molecule has 0 aliphatic carbocycles. The fourth-order valence-corrected chi connectivity index (χ4v) is 2.46. The van der Waals surface area contributed by atoms with Crippen LogP contribution >= 0.6 is 12.4 Å². The summed E-state index contributed by atoms with van der Waals surface area (Å²) in [7, 11) is 2.09. The zero-order chi connectivity index (χ0) is 13.9. The molecule has 1 saturated heterocycles. The first-order chi connectivity index (χ1) is 9.78. The Hall–Kier alpha value is -1.43. The van der Waals surface area contributed by atoms with Crippen LogP contribution in [0, 0.1) is 0 Å². The largest absolute Gasteiger partial charge is 0.334 e. The molecule has 1 aromatic heterocycles. The van der Waals surface area contributed by atoms with Crippen LogP contribution < -0.4 is 5.32 Å². The van der Waals surface area contributed by atoms with Gasteiger partial charge in [0.25, 0.3) is 5.89 Å².